The molecule has 108 valence electrons. The number of sulfone groups is 1. The molecule has 1 aromatic rings. The minimum absolute atomic E-state index is 0.0670. The van der Waals surface area contributed by atoms with Crippen molar-refractivity contribution < 1.29 is 18.3 Å². The highest BCUT2D eigenvalue weighted by Crippen LogP contribution is 2.28. The number of nitrogens with zero attached hydrogens (tertiary/aromatic N) is 2. The molecule has 0 atom stereocenters. The normalized spacial score (nSPS) is 19.4. The minimum atomic E-state index is -2.92. The monoisotopic (exact) mass is 306 g/mol. The Balaban J connectivity index is 2.17. The Morgan fingerprint density at radius 1 is 1.42 bits per heavy atom. The summed E-state index contributed by atoms with van der Waals surface area (Å²) in [5, 5.41) is 10.1. The summed E-state index contributed by atoms with van der Waals surface area (Å²) in [6.45, 7) is 1.44. The first-order valence-corrected chi connectivity index (χ1v) is 8.73. The van der Waals surface area contributed by atoms with Gasteiger partial charge in [-0.05, 0) is 6.42 Å². The van der Waals surface area contributed by atoms with Crippen LogP contribution < -0.4 is 4.90 Å². The molecule has 0 aromatic carbocycles. The number of ether oxygens (including phenoxy) is 1. The first-order chi connectivity index (χ1) is 9.05. The summed E-state index contributed by atoms with van der Waals surface area (Å²) in [6.07, 6.45) is 0.621. The van der Waals surface area contributed by atoms with Crippen LogP contribution in [0.4, 0.5) is 5.13 Å². The molecule has 6 nitrogen and oxygen atoms in total. The molecule has 1 fully saturated rings. The zero-order valence-corrected chi connectivity index (χ0v) is 12.5. The summed E-state index contributed by atoms with van der Waals surface area (Å²) in [5.74, 6) is 0.410. The van der Waals surface area contributed by atoms with Crippen LogP contribution in [0.3, 0.4) is 0 Å². The Bertz CT molecular complexity index is 527. The lowest BCUT2D eigenvalue weighted by Gasteiger charge is -2.17. The molecular formula is C11H18N2O4S2. The zero-order chi connectivity index (χ0) is 13.9. The molecule has 0 saturated carbocycles. The van der Waals surface area contributed by atoms with Crippen LogP contribution in [0.1, 0.15) is 17.0 Å². The molecule has 2 rings (SSSR count). The Morgan fingerprint density at radius 3 is 2.89 bits per heavy atom. The van der Waals surface area contributed by atoms with Gasteiger partial charge >= 0.3 is 0 Å². The molecule has 1 aliphatic heterocycles. The van der Waals surface area contributed by atoms with E-state index in [1.54, 1.807) is 7.11 Å². The standard InChI is InChI=1S/C11H18N2O4S2/c1-17-8-9-10(7-14)18-11(12-9)13-3-2-5-19(15,16)6-4-13/h14H,2-8H2,1H3. The van der Waals surface area contributed by atoms with Crippen LogP contribution in [0, 0.1) is 0 Å². The lowest BCUT2D eigenvalue weighted by Crippen LogP contribution is -2.26. The number of aromatic nitrogens is 1. The van der Waals surface area contributed by atoms with Crippen molar-refractivity contribution >= 4 is 26.3 Å². The predicted molar refractivity (Wildman–Crippen MR) is 74.2 cm³/mol. The lowest BCUT2D eigenvalue weighted by atomic mass is 10.4. The van der Waals surface area contributed by atoms with Crippen LogP contribution in [0.15, 0.2) is 0 Å². The van der Waals surface area contributed by atoms with Gasteiger partial charge in [-0.1, -0.05) is 11.3 Å². The second-order valence-corrected chi connectivity index (χ2v) is 7.82. The van der Waals surface area contributed by atoms with Crippen molar-refractivity contribution in [3.05, 3.63) is 10.6 Å². The van der Waals surface area contributed by atoms with Gasteiger partial charge in [0.1, 0.15) is 0 Å². The summed E-state index contributed by atoms with van der Waals surface area (Å²) in [4.78, 5) is 7.21. The van der Waals surface area contributed by atoms with Gasteiger partial charge in [0.25, 0.3) is 0 Å². The molecule has 1 aliphatic rings. The van der Waals surface area contributed by atoms with Crippen LogP contribution in [0.25, 0.3) is 0 Å². The van der Waals surface area contributed by atoms with E-state index in [-0.39, 0.29) is 18.1 Å². The van der Waals surface area contributed by atoms with E-state index in [4.69, 9.17) is 4.74 Å². The van der Waals surface area contributed by atoms with Crippen LogP contribution in [0.2, 0.25) is 0 Å². The van der Waals surface area contributed by atoms with E-state index in [1.807, 2.05) is 4.90 Å². The van der Waals surface area contributed by atoms with Crippen LogP contribution in [0.5, 0.6) is 0 Å². The van der Waals surface area contributed by atoms with E-state index in [0.717, 1.165) is 15.7 Å². The molecule has 0 radical (unpaired) electrons. The van der Waals surface area contributed by atoms with E-state index >= 15 is 0 Å². The Morgan fingerprint density at radius 2 is 2.21 bits per heavy atom. The van der Waals surface area contributed by atoms with Gasteiger partial charge < -0.3 is 14.7 Å². The Hall–Kier alpha value is -0.700. The smallest absolute Gasteiger partial charge is 0.185 e. The molecule has 1 N–H and O–H groups in total. The number of methoxy groups -OCH3 is 1. The number of aliphatic hydroxyl groups excluding tert-OH is 1. The second kappa shape index (κ2) is 6.17. The molecule has 0 amide bonds. The second-order valence-electron chi connectivity index (χ2n) is 4.45. The van der Waals surface area contributed by atoms with Crippen LogP contribution >= 0.6 is 11.3 Å². The number of rotatable bonds is 4. The highest BCUT2D eigenvalue weighted by Gasteiger charge is 2.22. The fourth-order valence-electron chi connectivity index (χ4n) is 2.01. The quantitative estimate of drug-likeness (QED) is 0.868. The predicted octanol–water partition coefficient (Wildman–Crippen LogP) is 0.407. The molecule has 0 bridgehead atoms. The molecule has 19 heavy (non-hydrogen) atoms. The topological polar surface area (TPSA) is 79.7 Å². The van der Waals surface area contributed by atoms with Crippen molar-refractivity contribution in [2.45, 2.75) is 19.6 Å². The molecule has 0 aliphatic carbocycles. The molecule has 1 saturated heterocycles. The molecule has 8 heteroatoms. The average molecular weight is 306 g/mol. The summed E-state index contributed by atoms with van der Waals surface area (Å²) < 4.78 is 28.2. The number of anilines is 1. The van der Waals surface area contributed by atoms with E-state index in [1.165, 1.54) is 11.3 Å². The van der Waals surface area contributed by atoms with Crippen LogP contribution in [-0.2, 0) is 27.8 Å². The number of thiazole rings is 1. The number of hydrogen-bond acceptors (Lipinski definition) is 7. The maximum Gasteiger partial charge on any atom is 0.185 e. The van der Waals surface area contributed by atoms with Gasteiger partial charge in [-0.2, -0.15) is 0 Å². The van der Waals surface area contributed by atoms with Gasteiger partial charge in [0.15, 0.2) is 15.0 Å². The lowest BCUT2D eigenvalue weighted by molar-refractivity contribution is 0.179. The third-order valence-corrected chi connectivity index (χ3v) is 5.88. The van der Waals surface area contributed by atoms with Gasteiger partial charge in [0.2, 0.25) is 0 Å². The first kappa shape index (κ1) is 14.7. The summed E-state index contributed by atoms with van der Waals surface area (Å²) >= 11 is 1.41. The largest absolute Gasteiger partial charge is 0.391 e. The average Bonchev–Trinajstić information content (AvgIpc) is 2.67. The first-order valence-electron chi connectivity index (χ1n) is 6.09. The van der Waals surface area contributed by atoms with Crippen molar-refractivity contribution in [3.8, 4) is 0 Å². The maximum absolute atomic E-state index is 11.6. The number of aliphatic hydroxyl groups is 1. The summed E-state index contributed by atoms with van der Waals surface area (Å²) in [7, 11) is -1.34. The maximum atomic E-state index is 11.6. The zero-order valence-electron chi connectivity index (χ0n) is 10.8. The van der Waals surface area contributed by atoms with E-state index in [0.29, 0.717) is 26.1 Å². The van der Waals surface area contributed by atoms with E-state index in [9.17, 15) is 13.5 Å². The Kier molecular flexibility index (Phi) is 4.77. The van der Waals surface area contributed by atoms with Crippen molar-refractivity contribution in [3.63, 3.8) is 0 Å². The van der Waals surface area contributed by atoms with Crippen molar-refractivity contribution in [2.24, 2.45) is 0 Å². The van der Waals surface area contributed by atoms with Crippen molar-refractivity contribution in [1.29, 1.82) is 0 Å². The molecule has 1 aromatic heterocycles. The van der Waals surface area contributed by atoms with E-state index < -0.39 is 9.84 Å². The fraction of sp³-hybridized carbons (Fsp3) is 0.727. The molecular weight excluding hydrogens is 288 g/mol. The molecule has 2 heterocycles. The minimum Gasteiger partial charge on any atom is -0.391 e. The Labute approximate surface area is 116 Å². The van der Waals surface area contributed by atoms with Gasteiger partial charge in [0.05, 0.1) is 35.3 Å². The third-order valence-electron chi connectivity index (χ3n) is 3.02. The van der Waals surface area contributed by atoms with Gasteiger partial charge in [-0.25, -0.2) is 13.4 Å². The van der Waals surface area contributed by atoms with Crippen molar-refractivity contribution in [1.82, 2.24) is 4.98 Å². The third kappa shape index (κ3) is 3.65. The number of hydrogen-bond donors (Lipinski definition) is 1. The molecule has 0 spiro atoms. The van der Waals surface area contributed by atoms with E-state index in [2.05, 4.69) is 4.98 Å². The highest BCUT2D eigenvalue weighted by atomic mass is 32.2. The SMILES string of the molecule is COCc1nc(N2CCCS(=O)(=O)CC2)sc1CO. The molecule has 0 unspecified atom stereocenters. The van der Waals surface area contributed by atoms with Gasteiger partial charge in [-0.15, -0.1) is 0 Å². The van der Waals surface area contributed by atoms with Gasteiger partial charge in [-0.3, -0.25) is 0 Å². The summed E-state index contributed by atoms with van der Waals surface area (Å²) in [5.41, 5.74) is 0.733. The highest BCUT2D eigenvalue weighted by molar-refractivity contribution is 7.91. The van der Waals surface area contributed by atoms with Crippen molar-refractivity contribution in [2.75, 3.05) is 36.6 Å². The fourth-order valence-corrected chi connectivity index (χ4v) is 4.25. The van der Waals surface area contributed by atoms with Gasteiger partial charge in [0, 0.05) is 20.2 Å². The summed E-state index contributed by atoms with van der Waals surface area (Å²) in [6, 6.07) is 0. The van der Waals surface area contributed by atoms with Crippen LogP contribution in [-0.4, -0.2) is 50.2 Å².